The topological polar surface area (TPSA) is 82.6 Å². The molecule has 0 bridgehead atoms. The van der Waals surface area contributed by atoms with Gasteiger partial charge in [0.25, 0.3) is 5.91 Å². The zero-order valence-corrected chi connectivity index (χ0v) is 20.8. The number of carbonyl (C=O) groups excluding carboxylic acids is 3. The second-order valence-electron chi connectivity index (χ2n) is 8.64. The van der Waals surface area contributed by atoms with Gasteiger partial charge in [0.1, 0.15) is 5.82 Å². The van der Waals surface area contributed by atoms with Crippen LogP contribution in [-0.4, -0.2) is 58.2 Å². The molecule has 4 rings (SSSR count). The van der Waals surface area contributed by atoms with E-state index in [9.17, 15) is 18.8 Å². The fourth-order valence-electron chi connectivity index (χ4n) is 3.95. The van der Waals surface area contributed by atoms with Gasteiger partial charge < -0.3 is 15.1 Å². The number of rotatable bonds is 6. The number of nitrogens with one attached hydrogen (secondary N) is 1. The lowest BCUT2D eigenvalue weighted by Gasteiger charge is -2.28. The lowest BCUT2D eigenvalue weighted by atomic mass is 10.1. The largest absolute Gasteiger partial charge is 0.337 e. The van der Waals surface area contributed by atoms with E-state index in [1.54, 1.807) is 29.0 Å². The van der Waals surface area contributed by atoms with Gasteiger partial charge in [0, 0.05) is 42.1 Å². The van der Waals surface area contributed by atoms with Crippen LogP contribution in [0.1, 0.15) is 42.1 Å². The quantitative estimate of drug-likeness (QED) is 0.595. The van der Waals surface area contributed by atoms with E-state index in [0.29, 0.717) is 51.4 Å². The molecule has 7 nitrogen and oxygen atoms in total. The van der Waals surface area contributed by atoms with Crippen molar-refractivity contribution in [2.45, 2.75) is 48.3 Å². The van der Waals surface area contributed by atoms with E-state index < -0.39 is 5.82 Å². The lowest BCUT2D eigenvalue weighted by molar-refractivity contribution is -0.127. The third-order valence-electron chi connectivity index (χ3n) is 5.97. The van der Waals surface area contributed by atoms with Crippen molar-refractivity contribution < 1.29 is 18.8 Å². The summed E-state index contributed by atoms with van der Waals surface area (Å²) in [6.07, 6.45) is 5.36. The number of carbonyl (C=O) groups is 3. The number of anilines is 1. The first kappa shape index (κ1) is 24.4. The summed E-state index contributed by atoms with van der Waals surface area (Å²) in [4.78, 5) is 45.4. The van der Waals surface area contributed by atoms with Crippen molar-refractivity contribution in [2.75, 3.05) is 25.0 Å². The normalized spacial score (nSPS) is 18.4. The highest BCUT2D eigenvalue weighted by Gasteiger charge is 2.30. The zero-order valence-electron chi connectivity index (χ0n) is 19.2. The summed E-state index contributed by atoms with van der Waals surface area (Å²) >= 11 is 2.46. The maximum absolute atomic E-state index is 14.8. The number of nitrogens with zero attached hydrogens (tertiary/aromatic N) is 3. The summed E-state index contributed by atoms with van der Waals surface area (Å²) in [6.45, 7) is 8.67. The van der Waals surface area contributed by atoms with E-state index in [4.69, 9.17) is 0 Å². The Hall–Kier alpha value is -2.72. The minimum Gasteiger partial charge on any atom is -0.337 e. The standard InChI is InChI=1S/C24H27FN4O3S2/c1-4-20(30)29-9-5-8-28(13-15(29)3)23(32)17-11-19(18(25)10-14(17)2)33-21-12-26-24(34-21)27-22(31)16-6-7-16/h4,10-12,15-16H,1,5-9,13H2,2-3H3,(H,26,27,31). The summed E-state index contributed by atoms with van der Waals surface area (Å²) < 4.78 is 15.5. The minimum absolute atomic E-state index is 0.0275. The fraction of sp³-hybridized carbons (Fsp3) is 0.417. The van der Waals surface area contributed by atoms with Crippen molar-refractivity contribution in [2.24, 2.45) is 5.92 Å². The van der Waals surface area contributed by atoms with Crippen LogP contribution in [0.25, 0.3) is 0 Å². The van der Waals surface area contributed by atoms with E-state index in [2.05, 4.69) is 16.9 Å². The average molecular weight is 503 g/mol. The predicted octanol–water partition coefficient (Wildman–Crippen LogP) is 4.34. The van der Waals surface area contributed by atoms with Crippen molar-refractivity contribution in [1.82, 2.24) is 14.8 Å². The number of hydrogen-bond acceptors (Lipinski definition) is 6. The molecule has 2 aliphatic rings. The van der Waals surface area contributed by atoms with Gasteiger partial charge in [0.2, 0.25) is 11.8 Å². The third kappa shape index (κ3) is 5.50. The van der Waals surface area contributed by atoms with Gasteiger partial charge >= 0.3 is 0 Å². The van der Waals surface area contributed by atoms with Gasteiger partial charge in [-0.05, 0) is 56.9 Å². The number of aromatic nitrogens is 1. The van der Waals surface area contributed by atoms with Gasteiger partial charge in [-0.25, -0.2) is 9.37 Å². The Morgan fingerprint density at radius 2 is 2.06 bits per heavy atom. The Bertz CT molecular complexity index is 1130. The van der Waals surface area contributed by atoms with E-state index in [0.717, 1.165) is 12.8 Å². The molecular formula is C24H27FN4O3S2. The minimum atomic E-state index is -0.414. The van der Waals surface area contributed by atoms with Crippen molar-refractivity contribution in [3.63, 3.8) is 0 Å². The molecule has 10 heteroatoms. The second-order valence-corrected chi connectivity index (χ2v) is 11.0. The Morgan fingerprint density at radius 1 is 1.29 bits per heavy atom. The van der Waals surface area contributed by atoms with Gasteiger partial charge in [-0.15, -0.1) is 0 Å². The van der Waals surface area contributed by atoms with Crippen molar-refractivity contribution in [3.8, 4) is 0 Å². The van der Waals surface area contributed by atoms with E-state index >= 15 is 0 Å². The average Bonchev–Trinajstić information content (AvgIpc) is 3.60. The number of benzene rings is 1. The predicted molar refractivity (Wildman–Crippen MR) is 131 cm³/mol. The Morgan fingerprint density at radius 3 is 2.76 bits per heavy atom. The molecule has 1 aliphatic carbocycles. The van der Waals surface area contributed by atoms with Gasteiger partial charge in [-0.3, -0.25) is 14.4 Å². The number of amides is 3. The van der Waals surface area contributed by atoms with Crippen LogP contribution in [0.5, 0.6) is 0 Å². The smallest absolute Gasteiger partial charge is 0.254 e. The molecule has 3 amide bonds. The van der Waals surface area contributed by atoms with E-state index in [-0.39, 0.29) is 29.7 Å². The van der Waals surface area contributed by atoms with Crippen LogP contribution in [0.15, 0.2) is 40.1 Å². The van der Waals surface area contributed by atoms with Crippen molar-refractivity contribution in [3.05, 3.63) is 47.9 Å². The fourth-order valence-corrected chi connectivity index (χ4v) is 5.83. The molecular weight excluding hydrogens is 475 g/mol. The summed E-state index contributed by atoms with van der Waals surface area (Å²) in [5.41, 5.74) is 0.996. The SMILES string of the molecule is C=CC(=O)N1CCCN(C(=O)c2cc(Sc3cnc(NC(=O)C4CC4)s3)c(F)cc2C)CC1C. The van der Waals surface area contributed by atoms with E-state index in [1.807, 2.05) is 6.92 Å². The summed E-state index contributed by atoms with van der Waals surface area (Å²) in [6, 6.07) is 2.82. The summed E-state index contributed by atoms with van der Waals surface area (Å²) in [7, 11) is 0. The highest BCUT2D eigenvalue weighted by atomic mass is 32.2. The number of hydrogen-bond donors (Lipinski definition) is 1. The molecule has 1 atom stereocenters. The molecule has 0 spiro atoms. The maximum Gasteiger partial charge on any atom is 0.254 e. The van der Waals surface area contributed by atoms with Gasteiger partial charge in [0.05, 0.1) is 10.4 Å². The molecule has 1 unspecified atom stereocenters. The Kier molecular flexibility index (Phi) is 7.37. The van der Waals surface area contributed by atoms with Crippen LogP contribution in [0.4, 0.5) is 9.52 Å². The zero-order chi connectivity index (χ0) is 24.4. The molecule has 0 radical (unpaired) electrons. The Labute approximate surface area is 206 Å². The van der Waals surface area contributed by atoms with E-state index in [1.165, 1.54) is 35.2 Å². The molecule has 1 aromatic heterocycles. The monoisotopic (exact) mass is 502 g/mol. The van der Waals surface area contributed by atoms with Gasteiger partial charge in [-0.1, -0.05) is 29.7 Å². The number of halogens is 1. The molecule has 2 fully saturated rings. The summed E-state index contributed by atoms with van der Waals surface area (Å²) in [5.74, 6) is -0.688. The maximum atomic E-state index is 14.8. The van der Waals surface area contributed by atoms with Crippen molar-refractivity contribution >= 4 is 46.0 Å². The Balaban J connectivity index is 1.49. The van der Waals surface area contributed by atoms with Gasteiger partial charge in [0.15, 0.2) is 5.13 Å². The van der Waals surface area contributed by atoms with Crippen LogP contribution in [0.3, 0.4) is 0 Å². The van der Waals surface area contributed by atoms with Crippen LogP contribution < -0.4 is 5.32 Å². The highest BCUT2D eigenvalue weighted by molar-refractivity contribution is 8.01. The highest BCUT2D eigenvalue weighted by Crippen LogP contribution is 2.37. The number of aryl methyl sites for hydroxylation is 1. The molecule has 1 saturated carbocycles. The molecule has 1 aromatic carbocycles. The molecule has 2 heterocycles. The third-order valence-corrected chi connectivity index (χ3v) is 8.02. The molecule has 1 saturated heterocycles. The van der Waals surface area contributed by atoms with Crippen LogP contribution in [-0.2, 0) is 9.59 Å². The van der Waals surface area contributed by atoms with Crippen molar-refractivity contribution in [1.29, 1.82) is 0 Å². The molecule has 2 aromatic rings. The van der Waals surface area contributed by atoms with Gasteiger partial charge in [-0.2, -0.15) is 0 Å². The number of thiazole rings is 1. The lowest BCUT2D eigenvalue weighted by Crippen LogP contribution is -2.43. The second kappa shape index (κ2) is 10.3. The molecule has 180 valence electrons. The summed E-state index contributed by atoms with van der Waals surface area (Å²) in [5, 5.41) is 3.29. The van der Waals surface area contributed by atoms with Crippen LogP contribution in [0.2, 0.25) is 0 Å². The first-order valence-corrected chi connectivity index (χ1v) is 12.9. The van der Waals surface area contributed by atoms with Crippen LogP contribution in [0, 0.1) is 18.7 Å². The molecule has 34 heavy (non-hydrogen) atoms. The first-order chi connectivity index (χ1) is 16.3. The molecule has 1 aliphatic heterocycles. The molecule has 1 N–H and O–H groups in total. The van der Waals surface area contributed by atoms with Crippen LogP contribution >= 0.6 is 23.1 Å². The first-order valence-electron chi connectivity index (χ1n) is 11.2.